The smallest absolute Gasteiger partial charge is 0.251 e. The Labute approximate surface area is 136 Å². The summed E-state index contributed by atoms with van der Waals surface area (Å²) in [4.78, 5) is 13.1. The highest BCUT2D eigenvalue weighted by atomic mass is 32.1. The highest BCUT2D eigenvalue weighted by Gasteiger charge is 2.15. The van der Waals surface area contributed by atoms with E-state index in [-0.39, 0.29) is 5.91 Å². The molecule has 1 aromatic heterocycles. The van der Waals surface area contributed by atoms with Crippen molar-refractivity contribution in [1.82, 2.24) is 10.6 Å². The summed E-state index contributed by atoms with van der Waals surface area (Å²) in [5.41, 5.74) is 1.90. The van der Waals surface area contributed by atoms with Gasteiger partial charge in [-0.1, -0.05) is 32.0 Å². The lowest BCUT2D eigenvalue weighted by Crippen LogP contribution is -2.27. The lowest BCUT2D eigenvalue weighted by Gasteiger charge is -2.21. The Balaban J connectivity index is 1.94. The van der Waals surface area contributed by atoms with Gasteiger partial charge in [0.05, 0.1) is 0 Å². The number of nitrogens with one attached hydrogen (secondary N) is 2. The van der Waals surface area contributed by atoms with E-state index in [0.717, 1.165) is 18.5 Å². The maximum absolute atomic E-state index is 11.7. The van der Waals surface area contributed by atoms with Crippen LogP contribution in [0.3, 0.4) is 0 Å². The van der Waals surface area contributed by atoms with E-state index in [4.69, 9.17) is 0 Å². The molecule has 22 heavy (non-hydrogen) atoms. The molecule has 0 radical (unpaired) electrons. The van der Waals surface area contributed by atoms with Gasteiger partial charge in [-0.3, -0.25) is 4.79 Å². The molecule has 0 spiro atoms. The summed E-state index contributed by atoms with van der Waals surface area (Å²) in [6, 6.07) is 12.5. The lowest BCUT2D eigenvalue weighted by atomic mass is 10.0. The topological polar surface area (TPSA) is 41.1 Å². The molecule has 1 aromatic carbocycles. The van der Waals surface area contributed by atoms with E-state index in [0.29, 0.717) is 12.0 Å². The number of hydrogen-bond acceptors (Lipinski definition) is 3. The summed E-state index contributed by atoms with van der Waals surface area (Å²) < 4.78 is 0. The number of benzene rings is 1. The van der Waals surface area contributed by atoms with Crippen molar-refractivity contribution in [2.24, 2.45) is 5.92 Å². The summed E-state index contributed by atoms with van der Waals surface area (Å²) in [6.07, 6.45) is 0.916. The van der Waals surface area contributed by atoms with Gasteiger partial charge in [-0.05, 0) is 48.0 Å². The third-order valence-electron chi connectivity index (χ3n) is 3.71. The van der Waals surface area contributed by atoms with Crippen LogP contribution < -0.4 is 10.6 Å². The van der Waals surface area contributed by atoms with Crippen LogP contribution in [-0.4, -0.2) is 19.5 Å². The maximum atomic E-state index is 11.7. The van der Waals surface area contributed by atoms with Gasteiger partial charge in [0.25, 0.3) is 5.91 Å². The third-order valence-corrected chi connectivity index (χ3v) is 4.67. The maximum Gasteiger partial charge on any atom is 0.251 e. The van der Waals surface area contributed by atoms with E-state index in [9.17, 15) is 4.79 Å². The minimum Gasteiger partial charge on any atom is -0.355 e. The second kappa shape index (κ2) is 8.11. The van der Waals surface area contributed by atoms with Gasteiger partial charge < -0.3 is 10.6 Å². The van der Waals surface area contributed by atoms with E-state index >= 15 is 0 Å². The number of carbonyl (C=O) groups is 1. The summed E-state index contributed by atoms with van der Waals surface area (Å²) in [5.74, 6) is 0.518. The molecule has 118 valence electrons. The Morgan fingerprint density at radius 2 is 2.05 bits per heavy atom. The minimum atomic E-state index is -0.0338. The van der Waals surface area contributed by atoms with Crippen LogP contribution in [0.2, 0.25) is 0 Å². The Kier molecular flexibility index (Phi) is 6.16. The molecule has 1 heterocycles. The first-order chi connectivity index (χ1) is 10.6. The average molecular weight is 316 g/mol. The second-order valence-corrected chi connectivity index (χ2v) is 6.70. The lowest BCUT2D eigenvalue weighted by molar-refractivity contribution is 0.0963. The van der Waals surface area contributed by atoms with Crippen molar-refractivity contribution in [1.29, 1.82) is 0 Å². The Morgan fingerprint density at radius 3 is 2.68 bits per heavy atom. The molecule has 0 fully saturated rings. The predicted molar refractivity (Wildman–Crippen MR) is 93.4 cm³/mol. The van der Waals surface area contributed by atoms with E-state index in [1.165, 1.54) is 10.4 Å². The summed E-state index contributed by atoms with van der Waals surface area (Å²) in [5, 5.41) is 8.43. The molecular weight excluding hydrogens is 292 g/mol. The molecule has 1 amide bonds. The Bertz CT molecular complexity index is 593. The molecule has 1 unspecified atom stereocenters. The fourth-order valence-corrected chi connectivity index (χ4v) is 3.49. The van der Waals surface area contributed by atoms with Crippen molar-refractivity contribution < 1.29 is 4.79 Å². The standard InChI is InChI=1S/C18H24N2OS/c1-13(2)17(16-8-5-11-22-16)20-10-9-14-6-4-7-15(12-14)18(21)19-3/h4-8,11-13,17,20H,9-10H2,1-3H3,(H,19,21). The van der Waals surface area contributed by atoms with Crippen LogP contribution in [0.5, 0.6) is 0 Å². The molecule has 0 bridgehead atoms. The van der Waals surface area contributed by atoms with E-state index in [2.05, 4.69) is 48.1 Å². The average Bonchev–Trinajstić information content (AvgIpc) is 3.04. The SMILES string of the molecule is CNC(=O)c1cccc(CCNC(c2cccs2)C(C)C)c1. The Morgan fingerprint density at radius 1 is 1.23 bits per heavy atom. The van der Waals surface area contributed by atoms with Crippen molar-refractivity contribution in [3.8, 4) is 0 Å². The number of carbonyl (C=O) groups excluding carboxylic acids is 1. The monoisotopic (exact) mass is 316 g/mol. The van der Waals surface area contributed by atoms with Crippen LogP contribution in [0.25, 0.3) is 0 Å². The number of rotatable bonds is 7. The predicted octanol–water partition coefficient (Wildman–Crippen LogP) is 3.64. The molecule has 0 saturated carbocycles. The number of amides is 1. The van der Waals surface area contributed by atoms with Crippen LogP contribution >= 0.6 is 11.3 Å². The first-order valence-corrected chi connectivity index (χ1v) is 8.57. The molecule has 0 saturated heterocycles. The van der Waals surface area contributed by atoms with Crippen molar-refractivity contribution in [2.45, 2.75) is 26.3 Å². The molecule has 2 aromatic rings. The number of hydrogen-bond donors (Lipinski definition) is 2. The molecule has 0 aliphatic heterocycles. The van der Waals surface area contributed by atoms with Gasteiger partial charge in [0.2, 0.25) is 0 Å². The summed E-state index contributed by atoms with van der Waals surface area (Å²) in [7, 11) is 1.66. The highest BCUT2D eigenvalue weighted by molar-refractivity contribution is 7.10. The van der Waals surface area contributed by atoms with Crippen molar-refractivity contribution >= 4 is 17.2 Å². The molecule has 2 N–H and O–H groups in total. The first kappa shape index (κ1) is 16.7. The molecule has 0 aliphatic carbocycles. The number of thiophene rings is 1. The quantitative estimate of drug-likeness (QED) is 0.819. The fourth-order valence-electron chi connectivity index (χ4n) is 2.52. The van der Waals surface area contributed by atoms with E-state index in [1.807, 2.05) is 18.2 Å². The molecule has 0 aliphatic rings. The van der Waals surface area contributed by atoms with Crippen LogP contribution in [0, 0.1) is 5.92 Å². The van der Waals surface area contributed by atoms with Gasteiger partial charge in [-0.15, -0.1) is 11.3 Å². The third kappa shape index (κ3) is 4.42. The highest BCUT2D eigenvalue weighted by Crippen LogP contribution is 2.25. The van der Waals surface area contributed by atoms with Crippen LogP contribution in [0.1, 0.15) is 40.7 Å². The van der Waals surface area contributed by atoms with Gasteiger partial charge in [-0.25, -0.2) is 0 Å². The fraction of sp³-hybridized carbons (Fsp3) is 0.389. The van der Waals surface area contributed by atoms with Crippen molar-refractivity contribution in [2.75, 3.05) is 13.6 Å². The Hall–Kier alpha value is -1.65. The zero-order valence-corrected chi connectivity index (χ0v) is 14.2. The first-order valence-electron chi connectivity index (χ1n) is 7.69. The van der Waals surface area contributed by atoms with Crippen molar-refractivity contribution in [3.63, 3.8) is 0 Å². The molecule has 2 rings (SSSR count). The van der Waals surface area contributed by atoms with Crippen LogP contribution in [-0.2, 0) is 6.42 Å². The largest absolute Gasteiger partial charge is 0.355 e. The zero-order chi connectivity index (χ0) is 15.9. The molecule has 4 heteroatoms. The molecular formula is C18H24N2OS. The normalized spacial score (nSPS) is 12.4. The van der Waals surface area contributed by atoms with Gasteiger partial charge in [0.15, 0.2) is 0 Å². The van der Waals surface area contributed by atoms with Crippen molar-refractivity contribution in [3.05, 3.63) is 57.8 Å². The van der Waals surface area contributed by atoms with Crippen LogP contribution in [0.4, 0.5) is 0 Å². The van der Waals surface area contributed by atoms with Gasteiger partial charge in [0.1, 0.15) is 0 Å². The molecule has 3 nitrogen and oxygen atoms in total. The minimum absolute atomic E-state index is 0.0338. The summed E-state index contributed by atoms with van der Waals surface area (Å²) >= 11 is 1.80. The molecule has 1 atom stereocenters. The van der Waals surface area contributed by atoms with Crippen LogP contribution in [0.15, 0.2) is 41.8 Å². The second-order valence-electron chi connectivity index (χ2n) is 5.72. The van der Waals surface area contributed by atoms with Gasteiger partial charge >= 0.3 is 0 Å². The van der Waals surface area contributed by atoms with E-state index < -0.39 is 0 Å². The van der Waals surface area contributed by atoms with E-state index in [1.54, 1.807) is 18.4 Å². The summed E-state index contributed by atoms with van der Waals surface area (Å²) in [6.45, 7) is 5.38. The zero-order valence-electron chi connectivity index (χ0n) is 13.4. The van der Waals surface area contributed by atoms with Gasteiger partial charge in [-0.2, -0.15) is 0 Å². The van der Waals surface area contributed by atoms with Gasteiger partial charge in [0, 0.05) is 23.5 Å².